The van der Waals surface area contributed by atoms with Crippen molar-refractivity contribution in [3.05, 3.63) is 79.9 Å². The fourth-order valence-electron chi connectivity index (χ4n) is 6.33. The third-order valence-corrected chi connectivity index (χ3v) is 8.31. The van der Waals surface area contributed by atoms with E-state index in [4.69, 9.17) is 4.74 Å². The van der Waals surface area contributed by atoms with E-state index in [9.17, 15) is 19.2 Å². The molecule has 2 aliphatic heterocycles. The van der Waals surface area contributed by atoms with Gasteiger partial charge in [0.2, 0.25) is 11.8 Å². The van der Waals surface area contributed by atoms with Crippen LogP contribution in [0.2, 0.25) is 0 Å². The van der Waals surface area contributed by atoms with Crippen LogP contribution in [0.5, 0.6) is 5.75 Å². The van der Waals surface area contributed by atoms with Gasteiger partial charge >= 0.3 is 5.69 Å². The number of hydrogen-bond donors (Lipinski definition) is 2. The summed E-state index contributed by atoms with van der Waals surface area (Å²) in [7, 11) is 1.64. The van der Waals surface area contributed by atoms with E-state index in [1.54, 1.807) is 13.3 Å². The van der Waals surface area contributed by atoms with Gasteiger partial charge < -0.3 is 19.5 Å². The van der Waals surface area contributed by atoms with Crippen molar-refractivity contribution < 1.29 is 14.3 Å². The monoisotopic (exact) mass is 532 g/mol. The summed E-state index contributed by atoms with van der Waals surface area (Å²) < 4.78 is 7.03. The maximum atomic E-state index is 13.6. The van der Waals surface area contributed by atoms with Crippen LogP contribution in [0, 0.1) is 5.92 Å². The summed E-state index contributed by atoms with van der Waals surface area (Å²) in [4.78, 5) is 59.5. The molecule has 0 saturated carbocycles. The van der Waals surface area contributed by atoms with Crippen LogP contribution < -0.4 is 16.0 Å². The van der Waals surface area contributed by atoms with Crippen molar-refractivity contribution in [2.45, 2.75) is 57.2 Å². The molecule has 1 aliphatic carbocycles. The molecule has 3 aliphatic rings. The van der Waals surface area contributed by atoms with Crippen LogP contribution in [0.1, 0.15) is 41.6 Å². The van der Waals surface area contributed by atoms with E-state index in [1.807, 2.05) is 44.9 Å². The van der Waals surface area contributed by atoms with Crippen molar-refractivity contribution >= 4 is 11.8 Å². The van der Waals surface area contributed by atoms with Gasteiger partial charge in [0.1, 0.15) is 5.75 Å². The first-order chi connectivity index (χ1) is 18.9. The van der Waals surface area contributed by atoms with Gasteiger partial charge in [-0.3, -0.25) is 24.0 Å². The molecule has 11 nitrogen and oxygen atoms in total. The number of aromatic amines is 2. The van der Waals surface area contributed by atoms with Gasteiger partial charge in [0.05, 0.1) is 26.3 Å². The number of nitrogens with zero attached hydrogens (tertiary/aromatic N) is 4. The average Bonchev–Trinajstić information content (AvgIpc) is 3.48. The lowest BCUT2D eigenvalue weighted by Gasteiger charge is -2.43. The SMILES string of the molecule is COc1ccc(Cn2cc(CC(=O)N3CC4CCC(C3)N4C(=O)C3CCc4[nH]c(=O)[nH]c(=O)c4C3)cn2)cc1. The fraction of sp³-hybridized carbons (Fsp3) is 0.464. The summed E-state index contributed by atoms with van der Waals surface area (Å²) >= 11 is 0. The number of fused-ring (bicyclic) bond motifs is 3. The van der Waals surface area contributed by atoms with Gasteiger partial charge in [-0.15, -0.1) is 0 Å². The van der Waals surface area contributed by atoms with Crippen molar-refractivity contribution in [1.82, 2.24) is 29.5 Å². The second-order valence-corrected chi connectivity index (χ2v) is 10.8. The van der Waals surface area contributed by atoms with E-state index in [0.29, 0.717) is 50.2 Å². The van der Waals surface area contributed by atoms with E-state index >= 15 is 0 Å². The zero-order chi connectivity index (χ0) is 27.1. The molecule has 3 unspecified atom stereocenters. The molecule has 0 radical (unpaired) electrons. The third-order valence-electron chi connectivity index (χ3n) is 8.31. The minimum Gasteiger partial charge on any atom is -0.497 e. The number of benzene rings is 1. The molecule has 39 heavy (non-hydrogen) atoms. The van der Waals surface area contributed by atoms with Crippen LogP contribution in [0.15, 0.2) is 46.2 Å². The molecule has 11 heteroatoms. The number of aryl methyl sites for hydroxylation is 1. The highest BCUT2D eigenvalue weighted by Crippen LogP contribution is 2.34. The number of carbonyl (C=O) groups is 2. The fourth-order valence-corrected chi connectivity index (χ4v) is 6.33. The quantitative estimate of drug-likeness (QED) is 0.484. The first kappa shape index (κ1) is 25.1. The molecular formula is C28H32N6O5. The Morgan fingerprint density at radius 1 is 1.03 bits per heavy atom. The van der Waals surface area contributed by atoms with Gasteiger partial charge in [0, 0.05) is 48.5 Å². The summed E-state index contributed by atoms with van der Waals surface area (Å²) in [6.07, 6.45) is 7.11. The molecule has 3 aromatic rings. The number of nitrogens with one attached hydrogen (secondary N) is 2. The van der Waals surface area contributed by atoms with Crippen LogP contribution in [-0.4, -0.2) is 73.6 Å². The lowest BCUT2D eigenvalue weighted by Crippen LogP contribution is -2.58. The minimum atomic E-state index is -0.507. The number of aromatic nitrogens is 4. The highest BCUT2D eigenvalue weighted by molar-refractivity contribution is 5.82. The highest BCUT2D eigenvalue weighted by atomic mass is 16.5. The molecule has 2 N–H and O–H groups in total. The summed E-state index contributed by atoms with van der Waals surface area (Å²) in [5.74, 6) is 0.625. The number of piperazine rings is 1. The van der Waals surface area contributed by atoms with E-state index in [-0.39, 0.29) is 36.2 Å². The Kier molecular flexibility index (Phi) is 6.58. The normalized spacial score (nSPS) is 22.0. The maximum absolute atomic E-state index is 13.6. The topological polar surface area (TPSA) is 133 Å². The Labute approximate surface area is 224 Å². The number of amides is 2. The standard InChI is InChI=1S/C28H32N6O5/c1-39-22-7-2-17(3-8-22)13-33-14-18(12-29-33)10-25(35)32-15-20-5-6-21(16-32)34(20)27(37)19-4-9-24-23(11-19)26(36)31-28(38)30-24/h2-3,7-8,12,14,19-21H,4-6,9-11,13,15-16H2,1H3,(H2,30,31,36,38). The number of ether oxygens (including phenoxy) is 1. The van der Waals surface area contributed by atoms with E-state index in [2.05, 4.69) is 15.1 Å². The second-order valence-electron chi connectivity index (χ2n) is 10.8. The Morgan fingerprint density at radius 3 is 2.49 bits per heavy atom. The zero-order valence-corrected chi connectivity index (χ0v) is 21.9. The lowest BCUT2D eigenvalue weighted by atomic mass is 9.85. The zero-order valence-electron chi connectivity index (χ0n) is 21.9. The van der Waals surface area contributed by atoms with E-state index in [1.165, 1.54) is 0 Å². The van der Waals surface area contributed by atoms with E-state index in [0.717, 1.165) is 29.7 Å². The van der Waals surface area contributed by atoms with Gasteiger partial charge in [-0.05, 0) is 55.4 Å². The average molecular weight is 533 g/mol. The molecule has 2 bridgehead atoms. The summed E-state index contributed by atoms with van der Waals surface area (Å²) in [5.41, 5.74) is 2.19. The number of carbonyl (C=O) groups excluding carboxylic acids is 2. The number of hydrogen-bond acceptors (Lipinski definition) is 6. The third kappa shape index (κ3) is 5.00. The lowest BCUT2D eigenvalue weighted by molar-refractivity contribution is -0.146. The van der Waals surface area contributed by atoms with Crippen molar-refractivity contribution in [2.24, 2.45) is 5.92 Å². The van der Waals surface area contributed by atoms with Gasteiger partial charge in [0.25, 0.3) is 5.56 Å². The molecule has 2 saturated heterocycles. The predicted molar refractivity (Wildman–Crippen MR) is 141 cm³/mol. The van der Waals surface area contributed by atoms with Crippen LogP contribution in [0.3, 0.4) is 0 Å². The van der Waals surface area contributed by atoms with Crippen LogP contribution >= 0.6 is 0 Å². The Balaban J connectivity index is 1.06. The van der Waals surface area contributed by atoms with E-state index < -0.39 is 11.2 Å². The van der Waals surface area contributed by atoms with Crippen LogP contribution in [-0.2, 0) is 35.4 Å². The predicted octanol–water partition coefficient (Wildman–Crippen LogP) is 0.866. The van der Waals surface area contributed by atoms with Gasteiger partial charge in [0.15, 0.2) is 0 Å². The van der Waals surface area contributed by atoms with Crippen molar-refractivity contribution in [3.63, 3.8) is 0 Å². The smallest absolute Gasteiger partial charge is 0.325 e. The number of likely N-dealkylation sites (tertiary alicyclic amines) is 1. The van der Waals surface area contributed by atoms with Gasteiger partial charge in [-0.1, -0.05) is 12.1 Å². The molecule has 2 fully saturated rings. The van der Waals surface area contributed by atoms with Gasteiger partial charge in [-0.2, -0.15) is 5.10 Å². The molecular weight excluding hydrogens is 500 g/mol. The minimum absolute atomic E-state index is 0.00624. The summed E-state index contributed by atoms with van der Waals surface area (Å²) in [6.45, 7) is 1.66. The van der Waals surface area contributed by atoms with Crippen LogP contribution in [0.25, 0.3) is 0 Å². The van der Waals surface area contributed by atoms with Crippen molar-refractivity contribution in [3.8, 4) is 5.75 Å². The maximum Gasteiger partial charge on any atom is 0.325 e. The number of methoxy groups -OCH3 is 1. The molecule has 204 valence electrons. The Morgan fingerprint density at radius 2 is 1.77 bits per heavy atom. The molecule has 2 aromatic heterocycles. The highest BCUT2D eigenvalue weighted by Gasteiger charge is 2.45. The molecule has 1 aromatic carbocycles. The Hall–Kier alpha value is -4.15. The molecule has 6 rings (SSSR count). The van der Waals surface area contributed by atoms with Crippen molar-refractivity contribution in [2.75, 3.05) is 20.2 Å². The summed E-state index contributed by atoms with van der Waals surface area (Å²) in [5, 5.41) is 4.43. The second kappa shape index (κ2) is 10.2. The number of rotatable bonds is 6. The molecule has 4 heterocycles. The first-order valence-corrected chi connectivity index (χ1v) is 13.5. The first-order valence-electron chi connectivity index (χ1n) is 13.5. The summed E-state index contributed by atoms with van der Waals surface area (Å²) in [6, 6.07) is 7.80. The molecule has 3 atom stereocenters. The Bertz CT molecular complexity index is 1490. The van der Waals surface area contributed by atoms with Crippen molar-refractivity contribution in [1.29, 1.82) is 0 Å². The molecule has 0 spiro atoms. The van der Waals surface area contributed by atoms with Crippen LogP contribution in [0.4, 0.5) is 0 Å². The van der Waals surface area contributed by atoms with Gasteiger partial charge in [-0.25, -0.2) is 4.79 Å². The largest absolute Gasteiger partial charge is 0.497 e. The number of H-pyrrole nitrogens is 2. The molecule has 2 amide bonds.